The average molecular weight is 286 g/mol. The molecule has 2 aromatic rings. The number of para-hydroxylation sites is 1. The van der Waals surface area contributed by atoms with Gasteiger partial charge in [0.15, 0.2) is 0 Å². The number of nitrogens with two attached hydrogens (primary N) is 1. The Morgan fingerprint density at radius 1 is 1.43 bits per heavy atom. The Balaban J connectivity index is 1.88. The predicted molar refractivity (Wildman–Crippen MR) is 84.1 cm³/mol. The lowest BCUT2D eigenvalue weighted by Crippen LogP contribution is -2.48. The number of fused-ring (bicyclic) bond motifs is 1. The maximum atomic E-state index is 12.1. The quantitative estimate of drug-likeness (QED) is 0.899. The van der Waals surface area contributed by atoms with Crippen molar-refractivity contribution < 1.29 is 0 Å². The highest BCUT2D eigenvalue weighted by Crippen LogP contribution is 2.20. The monoisotopic (exact) mass is 286 g/mol. The third kappa shape index (κ3) is 2.99. The van der Waals surface area contributed by atoms with Crippen LogP contribution in [0.4, 0.5) is 0 Å². The Morgan fingerprint density at radius 3 is 3.05 bits per heavy atom. The van der Waals surface area contributed by atoms with E-state index in [2.05, 4.69) is 21.8 Å². The highest BCUT2D eigenvalue weighted by molar-refractivity contribution is 5.77. The van der Waals surface area contributed by atoms with Crippen LogP contribution in [0.15, 0.2) is 29.1 Å². The van der Waals surface area contributed by atoms with Gasteiger partial charge in [-0.3, -0.25) is 9.69 Å². The Morgan fingerprint density at radius 2 is 2.24 bits per heavy atom. The van der Waals surface area contributed by atoms with Gasteiger partial charge >= 0.3 is 0 Å². The van der Waals surface area contributed by atoms with Crippen molar-refractivity contribution in [2.24, 2.45) is 5.73 Å². The van der Waals surface area contributed by atoms with Crippen molar-refractivity contribution in [1.82, 2.24) is 14.9 Å². The maximum Gasteiger partial charge on any atom is 0.258 e. The summed E-state index contributed by atoms with van der Waals surface area (Å²) in [4.78, 5) is 22.0. The second-order valence-electron chi connectivity index (χ2n) is 5.92. The van der Waals surface area contributed by atoms with Crippen LogP contribution in [0, 0.1) is 0 Å². The highest BCUT2D eigenvalue weighted by atomic mass is 16.1. The fourth-order valence-corrected chi connectivity index (χ4v) is 3.21. The second-order valence-corrected chi connectivity index (χ2v) is 5.92. The Labute approximate surface area is 124 Å². The molecule has 5 nitrogen and oxygen atoms in total. The molecule has 2 atom stereocenters. The number of benzene rings is 1. The molecule has 3 N–H and O–H groups in total. The van der Waals surface area contributed by atoms with Gasteiger partial charge in [0.25, 0.3) is 5.56 Å². The number of rotatable bonds is 3. The van der Waals surface area contributed by atoms with E-state index in [9.17, 15) is 4.79 Å². The van der Waals surface area contributed by atoms with E-state index in [1.165, 1.54) is 12.8 Å². The van der Waals surface area contributed by atoms with Gasteiger partial charge in [-0.1, -0.05) is 18.6 Å². The molecule has 0 aliphatic carbocycles. The zero-order valence-corrected chi connectivity index (χ0v) is 12.4. The molecule has 21 heavy (non-hydrogen) atoms. The van der Waals surface area contributed by atoms with Crippen LogP contribution in [-0.4, -0.2) is 33.5 Å². The van der Waals surface area contributed by atoms with E-state index in [0.717, 1.165) is 24.3 Å². The number of hydrogen-bond acceptors (Lipinski definition) is 4. The van der Waals surface area contributed by atoms with Crippen LogP contribution in [-0.2, 0) is 6.54 Å². The van der Waals surface area contributed by atoms with E-state index in [-0.39, 0.29) is 11.6 Å². The van der Waals surface area contributed by atoms with Gasteiger partial charge in [0.05, 0.1) is 17.4 Å². The predicted octanol–water partition coefficient (Wildman–Crippen LogP) is 1.62. The molecular weight excluding hydrogens is 264 g/mol. The zero-order chi connectivity index (χ0) is 14.8. The first-order valence-electron chi connectivity index (χ1n) is 7.63. The molecule has 0 spiro atoms. The average Bonchev–Trinajstić information content (AvgIpc) is 2.47. The first-order valence-corrected chi connectivity index (χ1v) is 7.63. The Kier molecular flexibility index (Phi) is 4.03. The van der Waals surface area contributed by atoms with Gasteiger partial charge in [-0.2, -0.15) is 0 Å². The van der Waals surface area contributed by atoms with Gasteiger partial charge in [-0.25, -0.2) is 4.98 Å². The van der Waals surface area contributed by atoms with Crippen LogP contribution >= 0.6 is 0 Å². The fourth-order valence-electron chi connectivity index (χ4n) is 3.21. The first kappa shape index (κ1) is 14.2. The van der Waals surface area contributed by atoms with Crippen molar-refractivity contribution in [2.75, 3.05) is 6.54 Å². The molecule has 1 aromatic heterocycles. The molecule has 1 fully saturated rings. The minimum atomic E-state index is -0.0649. The summed E-state index contributed by atoms with van der Waals surface area (Å²) >= 11 is 0. The Bertz CT molecular complexity index is 679. The summed E-state index contributed by atoms with van der Waals surface area (Å²) in [5, 5.41) is 0.642. The molecule has 112 valence electrons. The molecule has 0 bridgehead atoms. The number of nitrogens with one attached hydrogen (secondary N) is 1. The Hall–Kier alpha value is -1.72. The third-order valence-corrected chi connectivity index (χ3v) is 4.29. The van der Waals surface area contributed by atoms with Crippen LogP contribution in [0.25, 0.3) is 10.9 Å². The maximum absolute atomic E-state index is 12.1. The number of nitrogens with zero attached hydrogens (tertiary/aromatic N) is 2. The molecule has 2 heterocycles. The minimum Gasteiger partial charge on any atom is -0.327 e. The normalized spacial score (nSPS) is 21.5. The molecule has 0 amide bonds. The van der Waals surface area contributed by atoms with E-state index < -0.39 is 0 Å². The van der Waals surface area contributed by atoms with Crippen molar-refractivity contribution in [3.63, 3.8) is 0 Å². The van der Waals surface area contributed by atoms with Gasteiger partial charge in [-0.15, -0.1) is 0 Å². The van der Waals surface area contributed by atoms with Gasteiger partial charge in [0.1, 0.15) is 5.82 Å². The minimum absolute atomic E-state index is 0.0649. The summed E-state index contributed by atoms with van der Waals surface area (Å²) in [5.41, 5.74) is 6.79. The summed E-state index contributed by atoms with van der Waals surface area (Å²) in [6, 6.07) is 7.96. The number of hydrogen-bond donors (Lipinski definition) is 2. The van der Waals surface area contributed by atoms with Crippen molar-refractivity contribution in [1.29, 1.82) is 0 Å². The molecule has 3 rings (SSSR count). The molecule has 1 aliphatic heterocycles. The van der Waals surface area contributed by atoms with E-state index in [1.54, 1.807) is 6.07 Å². The van der Waals surface area contributed by atoms with Crippen LogP contribution in [0.3, 0.4) is 0 Å². The van der Waals surface area contributed by atoms with E-state index in [1.807, 2.05) is 18.2 Å². The highest BCUT2D eigenvalue weighted by Gasteiger charge is 2.25. The number of likely N-dealkylation sites (tertiary alicyclic amines) is 1. The van der Waals surface area contributed by atoms with Crippen molar-refractivity contribution >= 4 is 10.9 Å². The van der Waals surface area contributed by atoms with E-state index >= 15 is 0 Å². The topological polar surface area (TPSA) is 75.0 Å². The molecule has 0 radical (unpaired) electrons. The number of piperidine rings is 1. The van der Waals surface area contributed by atoms with Crippen molar-refractivity contribution in [3.8, 4) is 0 Å². The van der Waals surface area contributed by atoms with Crippen LogP contribution in [0.1, 0.15) is 32.0 Å². The number of aromatic nitrogens is 2. The summed E-state index contributed by atoms with van der Waals surface area (Å²) < 4.78 is 0. The summed E-state index contributed by atoms with van der Waals surface area (Å²) in [5.74, 6) is 0.728. The molecule has 2 unspecified atom stereocenters. The second kappa shape index (κ2) is 5.95. The van der Waals surface area contributed by atoms with Crippen LogP contribution < -0.4 is 11.3 Å². The van der Waals surface area contributed by atoms with E-state index in [0.29, 0.717) is 18.0 Å². The molecule has 0 saturated carbocycles. The lowest BCUT2D eigenvalue weighted by atomic mass is 9.97. The SMILES string of the molecule is CC(N)C1CCCCN1Cc1nc2ccccc2c(=O)[nH]1. The third-order valence-electron chi connectivity index (χ3n) is 4.29. The van der Waals surface area contributed by atoms with Crippen molar-refractivity contribution in [3.05, 3.63) is 40.4 Å². The van der Waals surface area contributed by atoms with Crippen LogP contribution in [0.5, 0.6) is 0 Å². The summed E-state index contributed by atoms with van der Waals surface area (Å²) in [6.07, 6.45) is 3.53. The van der Waals surface area contributed by atoms with Gasteiger partial charge in [0, 0.05) is 12.1 Å². The molecule has 1 aromatic carbocycles. The zero-order valence-electron chi connectivity index (χ0n) is 12.4. The fraction of sp³-hybridized carbons (Fsp3) is 0.500. The van der Waals surface area contributed by atoms with Gasteiger partial charge < -0.3 is 10.7 Å². The van der Waals surface area contributed by atoms with Gasteiger partial charge in [-0.05, 0) is 38.4 Å². The van der Waals surface area contributed by atoms with Crippen molar-refractivity contribution in [2.45, 2.75) is 44.8 Å². The standard InChI is InChI=1S/C16H22N4O/c1-11(17)14-8-4-5-9-20(14)10-15-18-13-7-3-2-6-12(13)16(21)19-15/h2-3,6-7,11,14H,4-5,8-10,17H2,1H3,(H,18,19,21). The number of aromatic amines is 1. The molecular formula is C16H22N4O. The van der Waals surface area contributed by atoms with E-state index in [4.69, 9.17) is 5.73 Å². The molecule has 5 heteroatoms. The molecule has 1 aliphatic rings. The smallest absolute Gasteiger partial charge is 0.258 e. The van der Waals surface area contributed by atoms with Gasteiger partial charge in [0.2, 0.25) is 0 Å². The summed E-state index contributed by atoms with van der Waals surface area (Å²) in [6.45, 7) is 3.73. The van der Waals surface area contributed by atoms with Crippen LogP contribution in [0.2, 0.25) is 0 Å². The lowest BCUT2D eigenvalue weighted by Gasteiger charge is -2.37. The largest absolute Gasteiger partial charge is 0.327 e. The summed E-state index contributed by atoms with van der Waals surface area (Å²) in [7, 11) is 0. The lowest BCUT2D eigenvalue weighted by molar-refractivity contribution is 0.120. The number of H-pyrrole nitrogens is 1. The first-order chi connectivity index (χ1) is 10.1. The molecule has 1 saturated heterocycles.